The largest absolute Gasteiger partial charge is 0.406 e. The predicted octanol–water partition coefficient (Wildman–Crippen LogP) is 1.18. The molecule has 20 heavy (non-hydrogen) atoms. The Morgan fingerprint density at radius 2 is 1.95 bits per heavy atom. The van der Waals surface area contributed by atoms with Crippen LogP contribution in [0.5, 0.6) is 0 Å². The van der Waals surface area contributed by atoms with E-state index in [9.17, 15) is 18.0 Å². The third kappa shape index (κ3) is 4.82. The number of carbonyl (C=O) groups is 1. The van der Waals surface area contributed by atoms with Crippen molar-refractivity contribution < 1.29 is 23.1 Å². The Morgan fingerprint density at radius 3 is 2.50 bits per heavy atom. The number of amides is 1. The zero-order valence-electron chi connectivity index (χ0n) is 10.9. The number of hydrogen-bond acceptors (Lipinski definition) is 3. The van der Waals surface area contributed by atoms with Gasteiger partial charge in [-0.3, -0.25) is 4.79 Å². The Labute approximate surface area is 115 Å². The van der Waals surface area contributed by atoms with Crippen LogP contribution in [0.3, 0.4) is 0 Å². The fourth-order valence-electron chi connectivity index (χ4n) is 1.86. The standard InChI is InChI=1S/C13H17F3N2O2/c14-13(15,16)9-18(7-8-19)12(20)11-4-2-1-3-10(11)5-6-17/h1-4,19H,5-9,17H2. The van der Waals surface area contributed by atoms with Crippen molar-refractivity contribution >= 4 is 5.91 Å². The van der Waals surface area contributed by atoms with Crippen molar-refractivity contribution in [1.82, 2.24) is 4.90 Å². The van der Waals surface area contributed by atoms with Crippen molar-refractivity contribution in [3.63, 3.8) is 0 Å². The van der Waals surface area contributed by atoms with Crippen LogP contribution in [-0.4, -0.2) is 48.3 Å². The summed E-state index contributed by atoms with van der Waals surface area (Å²) in [6.45, 7) is -1.98. The molecule has 0 aliphatic carbocycles. The molecule has 0 aromatic heterocycles. The van der Waals surface area contributed by atoms with E-state index >= 15 is 0 Å². The van der Waals surface area contributed by atoms with E-state index in [-0.39, 0.29) is 12.1 Å². The molecule has 3 N–H and O–H groups in total. The number of halogens is 3. The maximum atomic E-state index is 12.5. The van der Waals surface area contributed by atoms with Crippen LogP contribution >= 0.6 is 0 Å². The van der Waals surface area contributed by atoms with Crippen molar-refractivity contribution in [2.24, 2.45) is 5.73 Å². The minimum Gasteiger partial charge on any atom is -0.395 e. The number of nitrogens with two attached hydrogens (primary N) is 1. The normalized spacial score (nSPS) is 11.4. The first-order valence-corrected chi connectivity index (χ1v) is 6.14. The number of carbonyl (C=O) groups excluding carboxylic acids is 1. The zero-order chi connectivity index (χ0) is 15.2. The van der Waals surface area contributed by atoms with Crippen molar-refractivity contribution in [1.29, 1.82) is 0 Å². The summed E-state index contributed by atoms with van der Waals surface area (Å²) < 4.78 is 37.4. The van der Waals surface area contributed by atoms with Gasteiger partial charge in [0.15, 0.2) is 0 Å². The molecule has 0 spiro atoms. The third-order valence-electron chi connectivity index (χ3n) is 2.69. The van der Waals surface area contributed by atoms with Gasteiger partial charge in [0, 0.05) is 12.1 Å². The molecule has 0 bridgehead atoms. The Hall–Kier alpha value is -1.60. The summed E-state index contributed by atoms with van der Waals surface area (Å²) in [5.41, 5.74) is 6.21. The van der Waals surface area contributed by atoms with Crippen LogP contribution in [0.25, 0.3) is 0 Å². The number of alkyl halides is 3. The number of benzene rings is 1. The topological polar surface area (TPSA) is 66.6 Å². The van der Waals surface area contributed by atoms with Crippen molar-refractivity contribution in [2.45, 2.75) is 12.6 Å². The van der Waals surface area contributed by atoms with E-state index in [1.807, 2.05) is 0 Å². The summed E-state index contributed by atoms with van der Waals surface area (Å²) in [6, 6.07) is 6.40. The van der Waals surface area contributed by atoms with Crippen LogP contribution in [0.2, 0.25) is 0 Å². The van der Waals surface area contributed by atoms with Gasteiger partial charge in [0.25, 0.3) is 5.91 Å². The Kier molecular flexibility index (Phi) is 5.97. The summed E-state index contributed by atoms with van der Waals surface area (Å²) in [4.78, 5) is 12.8. The summed E-state index contributed by atoms with van der Waals surface area (Å²) >= 11 is 0. The zero-order valence-corrected chi connectivity index (χ0v) is 10.9. The third-order valence-corrected chi connectivity index (χ3v) is 2.69. The monoisotopic (exact) mass is 290 g/mol. The molecular formula is C13H17F3N2O2. The number of nitrogens with zero attached hydrogens (tertiary/aromatic N) is 1. The van der Waals surface area contributed by atoms with Gasteiger partial charge in [0.1, 0.15) is 6.54 Å². The van der Waals surface area contributed by atoms with Crippen LogP contribution in [0.1, 0.15) is 15.9 Å². The summed E-state index contributed by atoms with van der Waals surface area (Å²) in [6.07, 6.45) is -4.10. The maximum absolute atomic E-state index is 12.5. The first-order chi connectivity index (χ1) is 9.39. The highest BCUT2D eigenvalue weighted by molar-refractivity contribution is 5.95. The second-order valence-electron chi connectivity index (χ2n) is 4.26. The minimum atomic E-state index is -4.51. The number of aliphatic hydroxyl groups is 1. The van der Waals surface area contributed by atoms with Gasteiger partial charge in [-0.25, -0.2) is 0 Å². The molecule has 0 unspecified atom stereocenters. The SMILES string of the molecule is NCCc1ccccc1C(=O)N(CCO)CC(F)(F)F. The van der Waals surface area contributed by atoms with Crippen LogP contribution < -0.4 is 5.73 Å². The summed E-state index contributed by atoms with van der Waals surface area (Å²) in [5.74, 6) is -0.750. The molecule has 1 aromatic rings. The predicted molar refractivity (Wildman–Crippen MR) is 68.2 cm³/mol. The average molecular weight is 290 g/mol. The van der Waals surface area contributed by atoms with Gasteiger partial charge in [-0.15, -0.1) is 0 Å². The Balaban J connectivity index is 3.00. The molecule has 0 saturated carbocycles. The van der Waals surface area contributed by atoms with E-state index in [0.29, 0.717) is 23.4 Å². The van der Waals surface area contributed by atoms with Gasteiger partial charge in [-0.05, 0) is 24.6 Å². The van der Waals surface area contributed by atoms with Gasteiger partial charge < -0.3 is 15.7 Å². The molecule has 7 heteroatoms. The highest BCUT2D eigenvalue weighted by Gasteiger charge is 2.33. The second kappa shape index (κ2) is 7.25. The van der Waals surface area contributed by atoms with Gasteiger partial charge in [0.05, 0.1) is 6.61 Å². The summed E-state index contributed by atoms with van der Waals surface area (Å²) in [7, 11) is 0. The molecule has 0 saturated heterocycles. The van der Waals surface area contributed by atoms with Crippen LogP contribution in [0, 0.1) is 0 Å². The van der Waals surface area contributed by atoms with Crippen molar-refractivity contribution in [2.75, 3.05) is 26.2 Å². The molecule has 0 fully saturated rings. The smallest absolute Gasteiger partial charge is 0.395 e. The Bertz CT molecular complexity index is 449. The van der Waals surface area contributed by atoms with Crippen molar-refractivity contribution in [3.05, 3.63) is 35.4 Å². The number of aliphatic hydroxyl groups excluding tert-OH is 1. The van der Waals surface area contributed by atoms with Gasteiger partial charge in [-0.1, -0.05) is 18.2 Å². The highest BCUT2D eigenvalue weighted by Crippen LogP contribution is 2.19. The molecule has 0 atom stereocenters. The molecular weight excluding hydrogens is 273 g/mol. The van der Waals surface area contributed by atoms with Crippen LogP contribution in [0.4, 0.5) is 13.2 Å². The van der Waals surface area contributed by atoms with Gasteiger partial charge >= 0.3 is 6.18 Å². The van der Waals surface area contributed by atoms with E-state index in [0.717, 1.165) is 0 Å². The maximum Gasteiger partial charge on any atom is 0.406 e. The first-order valence-electron chi connectivity index (χ1n) is 6.14. The highest BCUT2D eigenvalue weighted by atomic mass is 19.4. The molecule has 0 aliphatic rings. The molecule has 1 aromatic carbocycles. The second-order valence-corrected chi connectivity index (χ2v) is 4.26. The molecule has 4 nitrogen and oxygen atoms in total. The Morgan fingerprint density at radius 1 is 1.30 bits per heavy atom. The van der Waals surface area contributed by atoms with E-state index in [1.54, 1.807) is 18.2 Å². The fraction of sp³-hybridized carbons (Fsp3) is 0.462. The van der Waals surface area contributed by atoms with E-state index in [4.69, 9.17) is 10.8 Å². The number of hydrogen-bond donors (Lipinski definition) is 2. The lowest BCUT2D eigenvalue weighted by atomic mass is 10.0. The molecule has 0 radical (unpaired) electrons. The molecule has 0 heterocycles. The fourth-order valence-corrected chi connectivity index (χ4v) is 1.86. The van der Waals surface area contributed by atoms with Crippen LogP contribution in [0.15, 0.2) is 24.3 Å². The molecule has 112 valence electrons. The lowest BCUT2D eigenvalue weighted by Crippen LogP contribution is -2.41. The van der Waals surface area contributed by atoms with Gasteiger partial charge in [-0.2, -0.15) is 13.2 Å². The molecule has 1 rings (SSSR count). The lowest BCUT2D eigenvalue weighted by Gasteiger charge is -2.24. The quantitative estimate of drug-likeness (QED) is 0.827. The lowest BCUT2D eigenvalue weighted by molar-refractivity contribution is -0.141. The van der Waals surface area contributed by atoms with Crippen LogP contribution in [-0.2, 0) is 6.42 Å². The number of rotatable bonds is 6. The molecule has 0 aliphatic heterocycles. The van der Waals surface area contributed by atoms with Gasteiger partial charge in [0.2, 0.25) is 0 Å². The average Bonchev–Trinajstić information content (AvgIpc) is 2.37. The summed E-state index contributed by atoms with van der Waals surface area (Å²) in [5, 5.41) is 8.82. The molecule has 1 amide bonds. The van der Waals surface area contributed by atoms with Crippen molar-refractivity contribution in [3.8, 4) is 0 Å². The van der Waals surface area contributed by atoms with E-state index in [2.05, 4.69) is 0 Å². The first kappa shape index (κ1) is 16.5. The van der Waals surface area contributed by atoms with E-state index in [1.165, 1.54) is 6.07 Å². The van der Waals surface area contributed by atoms with E-state index < -0.39 is 25.2 Å². The minimum absolute atomic E-state index is 0.190.